The third kappa shape index (κ3) is 1.55. The van der Waals surface area contributed by atoms with Gasteiger partial charge in [-0.2, -0.15) is 0 Å². The topological polar surface area (TPSA) is 74.3 Å². The minimum absolute atomic E-state index is 0.129. The lowest BCUT2D eigenvalue weighted by molar-refractivity contribution is -0.110. The lowest BCUT2D eigenvalue weighted by Crippen LogP contribution is -2.19. The maximum atomic E-state index is 11.4. The minimum Gasteiger partial charge on any atom is -0.768 e. The van der Waals surface area contributed by atoms with Gasteiger partial charge in [-0.25, -0.2) is 0 Å². The van der Waals surface area contributed by atoms with Gasteiger partial charge >= 0.3 is 0 Å². The van der Waals surface area contributed by atoms with Crippen LogP contribution < -0.4 is 0 Å². The molecule has 0 spiro atoms. The highest BCUT2D eigenvalue weighted by molar-refractivity contribution is 7.89. The van der Waals surface area contributed by atoms with Crippen molar-refractivity contribution in [3.05, 3.63) is 41.5 Å². The van der Waals surface area contributed by atoms with Crippen LogP contribution in [-0.2, 0) is 15.9 Å². The van der Waals surface area contributed by atoms with Gasteiger partial charge in [-0.1, -0.05) is 24.3 Å². The number of rotatable bonds is 1. The summed E-state index contributed by atoms with van der Waals surface area (Å²) in [7, 11) is 0. The number of allylic oxidation sites excluding steroid dienone is 1. The van der Waals surface area contributed by atoms with Crippen molar-refractivity contribution in [2.45, 2.75) is 0 Å². The standard InChI is InChI=1S/C10H6O4S/c11-8-5-9(15(13)14)6-3-1-2-4-7(6)10(8)12/h1-5H,(H,13,14)/p-1. The molecule has 0 heterocycles. The average Bonchev–Trinajstić information content (AvgIpc) is 2.23. The molecule has 76 valence electrons. The molecule has 0 aliphatic heterocycles. The fourth-order valence-electron chi connectivity index (χ4n) is 1.43. The molecule has 2 rings (SSSR count). The van der Waals surface area contributed by atoms with E-state index in [4.69, 9.17) is 0 Å². The molecule has 0 fully saturated rings. The summed E-state index contributed by atoms with van der Waals surface area (Å²) in [6.45, 7) is 0. The zero-order chi connectivity index (χ0) is 11.0. The molecule has 0 amide bonds. The van der Waals surface area contributed by atoms with E-state index in [1.54, 1.807) is 12.1 Å². The first-order chi connectivity index (χ1) is 7.11. The molecule has 1 aliphatic carbocycles. The van der Waals surface area contributed by atoms with Crippen LogP contribution in [0.4, 0.5) is 0 Å². The van der Waals surface area contributed by atoms with E-state index in [2.05, 4.69) is 0 Å². The molecular weight excluding hydrogens is 216 g/mol. The molecule has 1 aromatic carbocycles. The van der Waals surface area contributed by atoms with Crippen molar-refractivity contribution < 1.29 is 18.4 Å². The lowest BCUT2D eigenvalue weighted by atomic mass is 9.95. The average molecular weight is 221 g/mol. The van der Waals surface area contributed by atoms with E-state index >= 15 is 0 Å². The molecule has 1 aromatic rings. The molecule has 0 saturated heterocycles. The molecule has 0 radical (unpaired) electrons. The largest absolute Gasteiger partial charge is 0.768 e. The van der Waals surface area contributed by atoms with E-state index in [1.807, 2.05) is 0 Å². The summed E-state index contributed by atoms with van der Waals surface area (Å²) in [6.07, 6.45) is 0.855. The van der Waals surface area contributed by atoms with Gasteiger partial charge in [0.15, 0.2) is 0 Å². The van der Waals surface area contributed by atoms with E-state index in [0.29, 0.717) is 0 Å². The van der Waals surface area contributed by atoms with Crippen molar-refractivity contribution >= 4 is 27.6 Å². The van der Waals surface area contributed by atoms with Crippen molar-refractivity contribution in [2.75, 3.05) is 0 Å². The normalized spacial score (nSPS) is 17.0. The third-order valence-electron chi connectivity index (χ3n) is 2.10. The van der Waals surface area contributed by atoms with Crippen LogP contribution in [0.5, 0.6) is 0 Å². The number of hydrogen-bond acceptors (Lipinski definition) is 4. The second kappa shape index (κ2) is 3.52. The highest BCUT2D eigenvalue weighted by atomic mass is 32.2. The predicted molar refractivity (Wildman–Crippen MR) is 52.7 cm³/mol. The first-order valence-electron chi connectivity index (χ1n) is 4.10. The van der Waals surface area contributed by atoms with E-state index in [1.165, 1.54) is 12.1 Å². The Kier molecular flexibility index (Phi) is 2.34. The Hall–Kier alpha value is -1.59. The Morgan fingerprint density at radius 3 is 2.27 bits per heavy atom. The summed E-state index contributed by atoms with van der Waals surface area (Å²) in [5.41, 5.74) is 0.430. The quantitative estimate of drug-likeness (QED) is 0.516. The third-order valence-corrected chi connectivity index (χ3v) is 2.80. The van der Waals surface area contributed by atoms with Gasteiger partial charge in [-0.15, -0.1) is 0 Å². The van der Waals surface area contributed by atoms with Gasteiger partial charge in [0.05, 0.1) is 0 Å². The van der Waals surface area contributed by atoms with Crippen molar-refractivity contribution in [1.29, 1.82) is 0 Å². The Morgan fingerprint density at radius 2 is 1.67 bits per heavy atom. The van der Waals surface area contributed by atoms with Gasteiger partial charge in [-0.3, -0.25) is 13.8 Å². The van der Waals surface area contributed by atoms with Crippen LogP contribution in [0.25, 0.3) is 4.91 Å². The molecule has 0 saturated carbocycles. The van der Waals surface area contributed by atoms with E-state index in [-0.39, 0.29) is 16.0 Å². The molecule has 1 unspecified atom stereocenters. The molecule has 0 aromatic heterocycles. The van der Waals surface area contributed by atoms with Crippen LogP contribution in [0.2, 0.25) is 0 Å². The molecular formula is C10H5O4S-. The monoisotopic (exact) mass is 221 g/mol. The maximum absolute atomic E-state index is 11.4. The number of benzene rings is 1. The van der Waals surface area contributed by atoms with Crippen LogP contribution >= 0.6 is 0 Å². The van der Waals surface area contributed by atoms with Gasteiger partial charge in [0.1, 0.15) is 0 Å². The number of hydrogen-bond donors (Lipinski definition) is 0. The second-order valence-corrected chi connectivity index (χ2v) is 3.89. The van der Waals surface area contributed by atoms with Gasteiger partial charge in [0.2, 0.25) is 11.6 Å². The minimum atomic E-state index is -2.51. The summed E-state index contributed by atoms with van der Waals surface area (Å²) >= 11 is -2.51. The fraction of sp³-hybridized carbons (Fsp3) is 0. The van der Waals surface area contributed by atoms with Gasteiger partial charge in [0, 0.05) is 22.1 Å². The van der Waals surface area contributed by atoms with Gasteiger partial charge in [-0.05, 0) is 11.1 Å². The van der Waals surface area contributed by atoms with Crippen LogP contribution in [0.3, 0.4) is 0 Å². The first-order valence-corrected chi connectivity index (χ1v) is 5.18. The number of fused-ring (bicyclic) bond motifs is 1. The Morgan fingerprint density at radius 1 is 1.07 bits per heavy atom. The Labute approximate surface area is 87.9 Å². The predicted octanol–water partition coefficient (Wildman–Crippen LogP) is 0.672. The zero-order valence-electron chi connectivity index (χ0n) is 7.43. The number of carbonyl (C=O) groups is 2. The first kappa shape index (κ1) is 9.95. The number of ketones is 2. The van der Waals surface area contributed by atoms with E-state index < -0.39 is 22.6 Å². The summed E-state index contributed by atoms with van der Waals surface area (Å²) < 4.78 is 21.7. The smallest absolute Gasteiger partial charge is 0.233 e. The van der Waals surface area contributed by atoms with E-state index in [9.17, 15) is 18.4 Å². The zero-order valence-corrected chi connectivity index (χ0v) is 8.24. The summed E-state index contributed by atoms with van der Waals surface area (Å²) in [5, 5.41) is 0. The molecule has 0 N–H and O–H groups in total. The Bertz CT molecular complexity index is 516. The summed E-state index contributed by atoms with van der Waals surface area (Å²) in [4.78, 5) is 22.4. The van der Waals surface area contributed by atoms with Crippen molar-refractivity contribution in [3.8, 4) is 0 Å². The van der Waals surface area contributed by atoms with Gasteiger partial charge in [0.25, 0.3) is 0 Å². The molecule has 1 atom stereocenters. The highest BCUT2D eigenvalue weighted by Gasteiger charge is 2.25. The van der Waals surface area contributed by atoms with Crippen molar-refractivity contribution in [2.24, 2.45) is 0 Å². The molecule has 4 nitrogen and oxygen atoms in total. The SMILES string of the molecule is O=C1C=C(S(=O)[O-])c2ccccc2C1=O. The summed E-state index contributed by atoms with van der Waals surface area (Å²) in [5.74, 6) is -1.47. The number of carbonyl (C=O) groups excluding carboxylic acids is 2. The molecule has 5 heteroatoms. The van der Waals surface area contributed by atoms with E-state index in [0.717, 1.165) is 6.08 Å². The van der Waals surface area contributed by atoms with Crippen LogP contribution in [0.15, 0.2) is 30.3 Å². The van der Waals surface area contributed by atoms with Gasteiger partial charge < -0.3 is 4.55 Å². The molecule has 15 heavy (non-hydrogen) atoms. The Balaban J connectivity index is 2.71. The maximum Gasteiger partial charge on any atom is 0.233 e. The second-order valence-electron chi connectivity index (χ2n) is 2.98. The fourth-order valence-corrected chi connectivity index (χ4v) is 1.99. The van der Waals surface area contributed by atoms with Crippen LogP contribution in [0, 0.1) is 0 Å². The van der Waals surface area contributed by atoms with Crippen molar-refractivity contribution in [3.63, 3.8) is 0 Å². The molecule has 1 aliphatic rings. The number of Topliss-reactive ketones (excluding diaryl/α,β-unsaturated/α-hetero) is 1. The lowest BCUT2D eigenvalue weighted by Gasteiger charge is -2.17. The highest BCUT2D eigenvalue weighted by Crippen LogP contribution is 2.26. The van der Waals surface area contributed by atoms with Crippen LogP contribution in [0.1, 0.15) is 15.9 Å². The van der Waals surface area contributed by atoms with Crippen molar-refractivity contribution in [1.82, 2.24) is 0 Å². The molecule has 0 bridgehead atoms. The summed E-state index contributed by atoms with van der Waals surface area (Å²) in [6, 6.07) is 6.14. The van der Waals surface area contributed by atoms with Crippen LogP contribution in [-0.4, -0.2) is 20.3 Å².